The van der Waals surface area contributed by atoms with E-state index in [1.54, 1.807) is 34.4 Å². The quantitative estimate of drug-likeness (QED) is 0.238. The second-order valence-electron chi connectivity index (χ2n) is 8.86. The number of nitrogens with two attached hydrogens (primary N) is 1. The Kier molecular flexibility index (Phi) is 8.54. The Hall–Kier alpha value is -5.28. The number of halogens is 3. The van der Waals surface area contributed by atoms with Gasteiger partial charge in [0.05, 0.1) is 30.7 Å². The number of fused-ring (bicyclic) bond motifs is 1. The first kappa shape index (κ1) is 29.7. The molecule has 0 aliphatic rings. The number of benzene rings is 1. The van der Waals surface area contributed by atoms with Gasteiger partial charge in [-0.3, -0.25) is 24.4 Å². The molecule has 0 fully saturated rings. The van der Waals surface area contributed by atoms with Crippen LogP contribution in [0.3, 0.4) is 0 Å². The van der Waals surface area contributed by atoms with Gasteiger partial charge in [-0.15, -0.1) is 0 Å². The summed E-state index contributed by atoms with van der Waals surface area (Å²) in [6.45, 7) is 4.23. The summed E-state index contributed by atoms with van der Waals surface area (Å²) >= 11 is 0. The van der Waals surface area contributed by atoms with Crippen molar-refractivity contribution >= 4 is 34.7 Å². The first-order chi connectivity index (χ1) is 19.9. The molecule has 0 aliphatic heterocycles. The molecule has 0 unspecified atom stereocenters. The van der Waals surface area contributed by atoms with Gasteiger partial charge < -0.3 is 20.4 Å². The number of nitrogens with zero attached hydrogens (tertiary/aromatic N) is 6. The third-order valence-corrected chi connectivity index (χ3v) is 5.98. The van der Waals surface area contributed by atoms with Crippen molar-refractivity contribution in [2.75, 3.05) is 19.0 Å². The summed E-state index contributed by atoms with van der Waals surface area (Å²) in [7, 11) is 1.41. The summed E-state index contributed by atoms with van der Waals surface area (Å²) in [5.41, 5.74) is 5.91. The molecule has 0 saturated carbocycles. The summed E-state index contributed by atoms with van der Waals surface area (Å²) in [4.78, 5) is 48.5. The van der Waals surface area contributed by atoms with Gasteiger partial charge in [-0.2, -0.15) is 18.3 Å². The first-order valence-electron chi connectivity index (χ1n) is 12.5. The fourth-order valence-corrected chi connectivity index (χ4v) is 4.03. The number of rotatable bonds is 10. The maximum absolute atomic E-state index is 13.2. The number of anilines is 1. The van der Waals surface area contributed by atoms with Crippen LogP contribution in [0, 0.1) is 6.92 Å². The van der Waals surface area contributed by atoms with Crippen molar-refractivity contribution < 1.29 is 32.3 Å². The van der Waals surface area contributed by atoms with E-state index in [9.17, 15) is 27.6 Å². The normalized spacial score (nSPS) is 11.7. The number of amides is 3. The van der Waals surface area contributed by atoms with E-state index in [-0.39, 0.29) is 36.0 Å². The zero-order valence-electron chi connectivity index (χ0n) is 22.7. The number of allylic oxidation sites excluding steroid dienone is 1. The van der Waals surface area contributed by atoms with E-state index >= 15 is 0 Å². The van der Waals surface area contributed by atoms with Gasteiger partial charge in [0, 0.05) is 25.2 Å². The summed E-state index contributed by atoms with van der Waals surface area (Å²) in [6.07, 6.45) is -0.186. The van der Waals surface area contributed by atoms with Crippen LogP contribution in [-0.2, 0) is 19.3 Å². The number of imidazole rings is 1. The van der Waals surface area contributed by atoms with Crippen LogP contribution in [0.15, 0.2) is 42.7 Å². The number of carbonyl (C=O) groups excluding carboxylic acids is 3. The number of aromatic nitrogens is 6. The van der Waals surface area contributed by atoms with E-state index < -0.39 is 29.6 Å². The third-order valence-electron chi connectivity index (χ3n) is 5.98. The Morgan fingerprint density at radius 1 is 1.10 bits per heavy atom. The largest absolute Gasteiger partial charge is 0.494 e. The van der Waals surface area contributed by atoms with Gasteiger partial charge in [0.1, 0.15) is 22.7 Å². The molecule has 0 aliphatic carbocycles. The lowest BCUT2D eigenvalue weighted by Crippen LogP contribution is -2.25. The molecule has 3 heterocycles. The highest BCUT2D eigenvalue weighted by atomic mass is 19.4. The molecule has 0 radical (unpaired) electrons. The van der Waals surface area contributed by atoms with Crippen molar-refractivity contribution in [2.24, 2.45) is 5.73 Å². The minimum atomic E-state index is -4.67. The second-order valence-corrected chi connectivity index (χ2v) is 8.86. The van der Waals surface area contributed by atoms with E-state index in [1.807, 2.05) is 6.92 Å². The van der Waals surface area contributed by atoms with Crippen molar-refractivity contribution in [3.05, 3.63) is 71.1 Å². The topological polar surface area (TPSA) is 172 Å². The standard InChI is InChI=1S/C26H26F3N9O4/c1-4-38-18(9-14(2)36-38)24(41)35-25-34-16-10-15(22(30)39)11-19(42-3)21(16)37(25)8-6-5-7-31-23(40)17-12-33-20(13-32-17)26(27,28)29/h5-6,9-13H,4,7-8H2,1-3H3,(H2,30,39)(H,31,40)(H,34,35,41)/b6-5+. The average Bonchev–Trinajstić information content (AvgIpc) is 3.51. The number of hydrogen-bond acceptors (Lipinski definition) is 8. The van der Waals surface area contributed by atoms with E-state index in [0.717, 1.165) is 6.20 Å². The number of methoxy groups -OCH3 is 1. The molecule has 0 bridgehead atoms. The zero-order valence-corrected chi connectivity index (χ0v) is 22.7. The molecule has 1 aromatic carbocycles. The predicted octanol–water partition coefficient (Wildman–Crippen LogP) is 2.72. The summed E-state index contributed by atoms with van der Waals surface area (Å²) < 4.78 is 46.7. The van der Waals surface area contributed by atoms with E-state index in [1.165, 1.54) is 19.2 Å². The highest BCUT2D eigenvalue weighted by Crippen LogP contribution is 2.31. The second kappa shape index (κ2) is 12.1. The Bertz CT molecular complexity index is 1670. The lowest BCUT2D eigenvalue weighted by atomic mass is 10.1. The molecular formula is C26H26F3N9O4. The highest BCUT2D eigenvalue weighted by Gasteiger charge is 2.33. The van der Waals surface area contributed by atoms with Crippen LogP contribution in [0.2, 0.25) is 0 Å². The van der Waals surface area contributed by atoms with Crippen LogP contribution in [0.5, 0.6) is 5.75 Å². The van der Waals surface area contributed by atoms with Crippen LogP contribution in [0.25, 0.3) is 11.0 Å². The molecule has 4 rings (SSSR count). The monoisotopic (exact) mass is 585 g/mol. The number of primary amides is 1. The smallest absolute Gasteiger partial charge is 0.434 e. The van der Waals surface area contributed by atoms with Crippen LogP contribution >= 0.6 is 0 Å². The van der Waals surface area contributed by atoms with Crippen LogP contribution < -0.4 is 21.1 Å². The molecule has 0 spiro atoms. The van der Waals surface area contributed by atoms with Gasteiger partial charge in [0.25, 0.3) is 11.8 Å². The minimum absolute atomic E-state index is 0.00772. The SMILES string of the molecule is CCn1nc(C)cc1C(=O)Nc1nc2cc(C(N)=O)cc(OC)c2n1C/C=C/CNC(=O)c1cnc(C(F)(F)F)cn1. The molecule has 42 heavy (non-hydrogen) atoms. The third kappa shape index (κ3) is 6.37. The lowest BCUT2D eigenvalue weighted by Gasteiger charge is -2.11. The number of nitrogens with one attached hydrogen (secondary N) is 2. The number of aryl methyl sites for hydroxylation is 2. The maximum Gasteiger partial charge on any atom is 0.434 e. The van der Waals surface area contributed by atoms with Crippen LogP contribution in [0.4, 0.5) is 19.1 Å². The highest BCUT2D eigenvalue weighted by molar-refractivity contribution is 6.04. The molecule has 3 amide bonds. The number of alkyl halides is 3. The molecule has 220 valence electrons. The summed E-state index contributed by atoms with van der Waals surface area (Å²) in [5.74, 6) is -1.44. The Labute approximate surface area is 236 Å². The van der Waals surface area contributed by atoms with E-state index in [0.29, 0.717) is 35.2 Å². The average molecular weight is 586 g/mol. The number of carbonyl (C=O) groups is 3. The van der Waals surface area contributed by atoms with Crippen molar-refractivity contribution in [3.8, 4) is 5.75 Å². The number of hydrogen-bond donors (Lipinski definition) is 3. The predicted molar refractivity (Wildman–Crippen MR) is 144 cm³/mol. The van der Waals surface area contributed by atoms with Gasteiger partial charge in [0.15, 0.2) is 5.69 Å². The van der Waals surface area contributed by atoms with E-state index in [4.69, 9.17) is 10.5 Å². The van der Waals surface area contributed by atoms with Crippen molar-refractivity contribution in [2.45, 2.75) is 33.1 Å². The minimum Gasteiger partial charge on any atom is -0.494 e. The first-order valence-corrected chi connectivity index (χ1v) is 12.5. The van der Waals surface area contributed by atoms with Gasteiger partial charge in [-0.1, -0.05) is 12.2 Å². The summed E-state index contributed by atoms with van der Waals surface area (Å²) in [6, 6.07) is 4.57. The van der Waals surface area contributed by atoms with Gasteiger partial charge in [-0.05, 0) is 32.0 Å². The molecule has 0 saturated heterocycles. The molecular weight excluding hydrogens is 559 g/mol. The zero-order chi connectivity index (χ0) is 30.6. The van der Waals surface area contributed by atoms with Gasteiger partial charge in [0.2, 0.25) is 11.9 Å². The molecule has 0 atom stereocenters. The van der Waals surface area contributed by atoms with E-state index in [2.05, 4.69) is 30.7 Å². The fraction of sp³-hybridized carbons (Fsp3) is 0.269. The van der Waals surface area contributed by atoms with Gasteiger partial charge >= 0.3 is 6.18 Å². The Morgan fingerprint density at radius 2 is 1.86 bits per heavy atom. The lowest BCUT2D eigenvalue weighted by molar-refractivity contribution is -0.141. The van der Waals surface area contributed by atoms with Crippen molar-refractivity contribution in [1.29, 1.82) is 0 Å². The van der Waals surface area contributed by atoms with Gasteiger partial charge in [-0.25, -0.2) is 15.0 Å². The van der Waals surface area contributed by atoms with Crippen molar-refractivity contribution in [3.63, 3.8) is 0 Å². The Morgan fingerprint density at radius 3 is 2.48 bits per heavy atom. The molecule has 13 nitrogen and oxygen atoms in total. The molecule has 4 aromatic rings. The molecule has 4 N–H and O–H groups in total. The fourth-order valence-electron chi connectivity index (χ4n) is 4.03. The Balaban J connectivity index is 1.56. The molecule has 3 aromatic heterocycles. The number of ether oxygens (including phenoxy) is 1. The van der Waals surface area contributed by atoms with Crippen LogP contribution in [-0.4, -0.2) is 60.7 Å². The summed E-state index contributed by atoms with van der Waals surface area (Å²) in [5, 5.41) is 9.58. The van der Waals surface area contributed by atoms with Crippen LogP contribution in [0.1, 0.15) is 49.6 Å². The maximum atomic E-state index is 13.2. The van der Waals surface area contributed by atoms with Crippen molar-refractivity contribution in [1.82, 2.24) is 34.6 Å². The molecule has 16 heteroatoms.